The molecule has 2 unspecified atom stereocenters. The van der Waals surface area contributed by atoms with Gasteiger partial charge in [0.1, 0.15) is 0 Å². The fraction of sp³-hybridized carbons (Fsp3) is 0.400. The van der Waals surface area contributed by atoms with Crippen LogP contribution in [-0.2, 0) is 0 Å². The van der Waals surface area contributed by atoms with Crippen molar-refractivity contribution in [2.24, 2.45) is 0 Å². The van der Waals surface area contributed by atoms with Gasteiger partial charge < -0.3 is 0 Å². The zero-order valence-electron chi connectivity index (χ0n) is 8.34. The number of nitrogens with zero attached hydrogens (tertiary/aromatic N) is 1. The van der Waals surface area contributed by atoms with Crippen molar-refractivity contribution in [1.82, 2.24) is 5.32 Å². The summed E-state index contributed by atoms with van der Waals surface area (Å²) >= 11 is 1.79. The van der Waals surface area contributed by atoms with Crippen molar-refractivity contribution in [3.05, 3.63) is 39.9 Å². The van der Waals surface area contributed by atoms with E-state index < -0.39 is 0 Å². The van der Waals surface area contributed by atoms with Gasteiger partial charge in [0.15, 0.2) is 0 Å². The predicted octanol–water partition coefficient (Wildman–Crippen LogP) is 2.32. The molecule has 2 rings (SSSR count). The molecule has 1 aromatic rings. The number of nitrogens with one attached hydrogen (secondary N) is 1. The Balaban J connectivity index is 2.21. The van der Waals surface area contributed by atoms with Crippen LogP contribution in [0.4, 0.5) is 5.69 Å². The van der Waals surface area contributed by atoms with E-state index >= 15 is 0 Å². The molecule has 5 heteroatoms. The third-order valence-corrected chi connectivity index (χ3v) is 3.77. The molecule has 1 aromatic carbocycles. The maximum absolute atomic E-state index is 10.6. The van der Waals surface area contributed by atoms with Crippen LogP contribution in [0.15, 0.2) is 24.3 Å². The molecular weight excluding hydrogens is 212 g/mol. The average molecular weight is 224 g/mol. The molecule has 15 heavy (non-hydrogen) atoms. The van der Waals surface area contributed by atoms with E-state index in [2.05, 4.69) is 12.2 Å². The van der Waals surface area contributed by atoms with Gasteiger partial charge in [-0.15, -0.1) is 11.8 Å². The van der Waals surface area contributed by atoms with Gasteiger partial charge in [-0.3, -0.25) is 15.4 Å². The molecule has 1 N–H and O–H groups in total. The Labute approximate surface area is 92.2 Å². The summed E-state index contributed by atoms with van der Waals surface area (Å²) in [6, 6.07) is 7.29. The van der Waals surface area contributed by atoms with Crippen LogP contribution in [0.1, 0.15) is 17.9 Å². The van der Waals surface area contributed by atoms with Crippen molar-refractivity contribution in [2.45, 2.75) is 18.3 Å². The smallest absolute Gasteiger partial charge is 0.269 e. The molecule has 1 heterocycles. The number of benzene rings is 1. The predicted molar refractivity (Wildman–Crippen MR) is 60.9 cm³/mol. The van der Waals surface area contributed by atoms with Crippen LogP contribution >= 0.6 is 11.8 Å². The van der Waals surface area contributed by atoms with Crippen molar-refractivity contribution in [3.63, 3.8) is 0 Å². The first-order chi connectivity index (χ1) is 7.16. The topological polar surface area (TPSA) is 55.2 Å². The largest absolute Gasteiger partial charge is 0.298 e. The number of hydrogen-bond donors (Lipinski definition) is 1. The molecule has 2 atom stereocenters. The summed E-state index contributed by atoms with van der Waals surface area (Å²) in [5.74, 6) is 1.05. The molecule has 1 fully saturated rings. The molecule has 80 valence electrons. The van der Waals surface area contributed by atoms with E-state index in [9.17, 15) is 10.1 Å². The summed E-state index contributed by atoms with van der Waals surface area (Å²) in [6.45, 7) is 2.12. The number of rotatable bonds is 2. The molecule has 0 aromatic heterocycles. The zero-order chi connectivity index (χ0) is 10.8. The second kappa shape index (κ2) is 4.20. The average Bonchev–Trinajstić information content (AvgIpc) is 2.65. The van der Waals surface area contributed by atoms with Crippen molar-refractivity contribution in [3.8, 4) is 0 Å². The number of thioether (sulfide) groups is 1. The third-order valence-electron chi connectivity index (χ3n) is 2.33. The molecule has 1 saturated heterocycles. The number of hydrogen-bond acceptors (Lipinski definition) is 4. The highest BCUT2D eigenvalue weighted by Crippen LogP contribution is 2.33. The van der Waals surface area contributed by atoms with Gasteiger partial charge in [0, 0.05) is 23.9 Å². The van der Waals surface area contributed by atoms with Gasteiger partial charge in [-0.25, -0.2) is 0 Å². The molecule has 0 aliphatic carbocycles. The second-order valence-corrected chi connectivity index (χ2v) is 4.77. The lowest BCUT2D eigenvalue weighted by Gasteiger charge is -2.10. The van der Waals surface area contributed by atoms with Crippen LogP contribution < -0.4 is 5.32 Å². The maximum Gasteiger partial charge on any atom is 0.269 e. The number of non-ortho nitro benzene ring substituents is 1. The molecular formula is C10H12N2O2S. The fourth-order valence-corrected chi connectivity index (χ4v) is 2.83. The van der Waals surface area contributed by atoms with Crippen LogP contribution in [0.3, 0.4) is 0 Å². The van der Waals surface area contributed by atoms with E-state index in [1.807, 2.05) is 6.07 Å². The maximum atomic E-state index is 10.6. The summed E-state index contributed by atoms with van der Waals surface area (Å²) in [6.07, 6.45) is 0. The fourth-order valence-electron chi connectivity index (χ4n) is 1.59. The van der Waals surface area contributed by atoms with Gasteiger partial charge in [0.2, 0.25) is 0 Å². The quantitative estimate of drug-likeness (QED) is 0.618. The van der Waals surface area contributed by atoms with Crippen molar-refractivity contribution < 1.29 is 4.92 Å². The van der Waals surface area contributed by atoms with E-state index in [0.717, 1.165) is 11.3 Å². The minimum atomic E-state index is -0.355. The molecule has 0 amide bonds. The first kappa shape index (κ1) is 10.4. The van der Waals surface area contributed by atoms with Gasteiger partial charge in [-0.05, 0) is 12.5 Å². The lowest BCUT2D eigenvalue weighted by atomic mass is 10.2. The van der Waals surface area contributed by atoms with Crippen molar-refractivity contribution in [2.75, 3.05) is 5.75 Å². The van der Waals surface area contributed by atoms with Crippen LogP contribution in [-0.4, -0.2) is 16.7 Å². The Morgan fingerprint density at radius 2 is 2.40 bits per heavy atom. The van der Waals surface area contributed by atoms with Crippen LogP contribution in [0.5, 0.6) is 0 Å². The number of nitro benzene ring substituents is 1. The Hall–Kier alpha value is -1.07. The van der Waals surface area contributed by atoms with Gasteiger partial charge in [-0.2, -0.15) is 0 Å². The Bertz CT molecular complexity index is 383. The lowest BCUT2D eigenvalue weighted by Crippen LogP contribution is -2.21. The van der Waals surface area contributed by atoms with Gasteiger partial charge in [-0.1, -0.05) is 12.1 Å². The van der Waals surface area contributed by atoms with Gasteiger partial charge >= 0.3 is 0 Å². The zero-order valence-corrected chi connectivity index (χ0v) is 9.16. The summed E-state index contributed by atoms with van der Waals surface area (Å²) in [7, 11) is 0. The van der Waals surface area contributed by atoms with Gasteiger partial charge in [0.05, 0.1) is 10.3 Å². The third kappa shape index (κ3) is 2.30. The molecule has 0 radical (unpaired) electrons. The lowest BCUT2D eigenvalue weighted by molar-refractivity contribution is -0.384. The van der Waals surface area contributed by atoms with E-state index in [-0.39, 0.29) is 16.0 Å². The summed E-state index contributed by atoms with van der Waals surface area (Å²) in [5, 5.41) is 14.2. The second-order valence-electron chi connectivity index (χ2n) is 3.63. The van der Waals surface area contributed by atoms with E-state index in [4.69, 9.17) is 0 Å². The first-order valence-corrected chi connectivity index (χ1v) is 5.83. The molecule has 0 bridgehead atoms. The highest BCUT2D eigenvalue weighted by Gasteiger charge is 2.23. The van der Waals surface area contributed by atoms with E-state index in [0.29, 0.717) is 6.04 Å². The highest BCUT2D eigenvalue weighted by molar-refractivity contribution is 7.99. The molecule has 0 spiro atoms. The monoisotopic (exact) mass is 224 g/mol. The van der Waals surface area contributed by atoms with Gasteiger partial charge in [0.25, 0.3) is 5.69 Å². The van der Waals surface area contributed by atoms with Crippen LogP contribution in [0.25, 0.3) is 0 Å². The summed E-state index contributed by atoms with van der Waals surface area (Å²) in [4.78, 5) is 10.3. The van der Waals surface area contributed by atoms with Crippen molar-refractivity contribution in [1.29, 1.82) is 0 Å². The molecule has 1 aliphatic heterocycles. The minimum Gasteiger partial charge on any atom is -0.298 e. The Kier molecular flexibility index (Phi) is 2.93. The Morgan fingerprint density at radius 3 is 3.00 bits per heavy atom. The number of nitro groups is 1. The van der Waals surface area contributed by atoms with Crippen LogP contribution in [0, 0.1) is 10.1 Å². The van der Waals surface area contributed by atoms with E-state index in [1.165, 1.54) is 6.07 Å². The summed E-state index contributed by atoms with van der Waals surface area (Å²) < 4.78 is 0. The normalized spacial score (nSPS) is 25.4. The Morgan fingerprint density at radius 1 is 1.60 bits per heavy atom. The highest BCUT2D eigenvalue weighted by atomic mass is 32.2. The standard InChI is InChI=1S/C10H12N2O2S/c1-7-6-15-10(11-7)8-3-2-4-9(5-8)12(13)14/h2-5,7,10-11H,6H2,1H3. The van der Waals surface area contributed by atoms with E-state index in [1.54, 1.807) is 23.9 Å². The van der Waals surface area contributed by atoms with Crippen molar-refractivity contribution >= 4 is 17.4 Å². The SMILES string of the molecule is CC1CSC(c2cccc([N+](=O)[O-])c2)N1. The first-order valence-electron chi connectivity index (χ1n) is 4.79. The molecule has 1 aliphatic rings. The minimum absolute atomic E-state index is 0.162. The van der Waals surface area contributed by atoms with Crippen LogP contribution in [0.2, 0.25) is 0 Å². The molecule has 0 saturated carbocycles. The molecule has 4 nitrogen and oxygen atoms in total. The summed E-state index contributed by atoms with van der Waals surface area (Å²) in [5.41, 5.74) is 1.15.